The Labute approximate surface area is 137 Å². The smallest absolute Gasteiger partial charge is 0.155 e. The summed E-state index contributed by atoms with van der Waals surface area (Å²) >= 11 is 0. The van der Waals surface area contributed by atoms with Crippen LogP contribution in [-0.2, 0) is 13.0 Å². The lowest BCUT2D eigenvalue weighted by atomic mass is 9.99. The van der Waals surface area contributed by atoms with Crippen molar-refractivity contribution in [1.82, 2.24) is 24.4 Å². The SMILES string of the molecule is Fc1ccccc1-c1nn2c(c1-c1ccc3ncnn3c1)CCC2. The van der Waals surface area contributed by atoms with Crippen molar-refractivity contribution < 1.29 is 4.39 Å². The molecule has 0 bridgehead atoms. The number of fused-ring (bicyclic) bond motifs is 2. The Morgan fingerprint density at radius 3 is 2.92 bits per heavy atom. The highest BCUT2D eigenvalue weighted by Gasteiger charge is 2.25. The molecule has 5 nitrogen and oxygen atoms in total. The van der Waals surface area contributed by atoms with E-state index in [9.17, 15) is 4.39 Å². The summed E-state index contributed by atoms with van der Waals surface area (Å²) in [5.41, 5.74) is 5.16. The van der Waals surface area contributed by atoms with Gasteiger partial charge in [0.15, 0.2) is 5.65 Å². The van der Waals surface area contributed by atoms with Crippen molar-refractivity contribution in [2.45, 2.75) is 19.4 Å². The number of hydrogen-bond donors (Lipinski definition) is 0. The van der Waals surface area contributed by atoms with Crippen molar-refractivity contribution in [3.63, 3.8) is 0 Å². The Hall–Kier alpha value is -3.02. The van der Waals surface area contributed by atoms with Crippen molar-refractivity contribution in [3.05, 3.63) is 60.4 Å². The highest BCUT2D eigenvalue weighted by Crippen LogP contribution is 2.38. The first-order chi connectivity index (χ1) is 11.8. The van der Waals surface area contributed by atoms with Gasteiger partial charge in [-0.15, -0.1) is 0 Å². The monoisotopic (exact) mass is 319 g/mol. The minimum absolute atomic E-state index is 0.252. The van der Waals surface area contributed by atoms with E-state index in [2.05, 4.69) is 10.1 Å². The Morgan fingerprint density at radius 1 is 1.08 bits per heavy atom. The van der Waals surface area contributed by atoms with Gasteiger partial charge in [0.2, 0.25) is 0 Å². The molecule has 3 aromatic heterocycles. The number of aryl methyl sites for hydroxylation is 1. The third-order valence-corrected chi connectivity index (χ3v) is 4.53. The molecule has 0 saturated heterocycles. The van der Waals surface area contributed by atoms with Crippen LogP contribution in [0.2, 0.25) is 0 Å². The molecule has 118 valence electrons. The second kappa shape index (κ2) is 4.99. The highest BCUT2D eigenvalue weighted by molar-refractivity contribution is 5.83. The molecule has 0 aliphatic carbocycles. The largest absolute Gasteiger partial charge is 0.268 e. The Balaban J connectivity index is 1.79. The van der Waals surface area contributed by atoms with Gasteiger partial charge in [-0.2, -0.15) is 10.2 Å². The van der Waals surface area contributed by atoms with Crippen molar-refractivity contribution >= 4 is 5.65 Å². The third kappa shape index (κ3) is 1.89. The first-order valence-electron chi connectivity index (χ1n) is 7.95. The van der Waals surface area contributed by atoms with Crippen LogP contribution in [0.15, 0.2) is 48.9 Å². The van der Waals surface area contributed by atoms with Gasteiger partial charge in [0.05, 0.1) is 0 Å². The van der Waals surface area contributed by atoms with E-state index in [1.807, 2.05) is 29.1 Å². The van der Waals surface area contributed by atoms with E-state index in [1.165, 1.54) is 12.4 Å². The lowest BCUT2D eigenvalue weighted by molar-refractivity contribution is 0.627. The zero-order chi connectivity index (χ0) is 16.1. The van der Waals surface area contributed by atoms with Crippen LogP contribution in [0, 0.1) is 5.82 Å². The average molecular weight is 319 g/mol. The zero-order valence-corrected chi connectivity index (χ0v) is 12.9. The van der Waals surface area contributed by atoms with Gasteiger partial charge in [0, 0.05) is 35.1 Å². The summed E-state index contributed by atoms with van der Waals surface area (Å²) in [4.78, 5) is 4.18. The molecule has 0 unspecified atom stereocenters. The lowest BCUT2D eigenvalue weighted by Gasteiger charge is -2.07. The topological polar surface area (TPSA) is 48.0 Å². The van der Waals surface area contributed by atoms with Crippen LogP contribution >= 0.6 is 0 Å². The number of aromatic nitrogens is 5. The third-order valence-electron chi connectivity index (χ3n) is 4.53. The fraction of sp³-hybridized carbons (Fsp3) is 0.167. The predicted octanol–water partition coefficient (Wildman–Crippen LogP) is 3.35. The fourth-order valence-electron chi connectivity index (χ4n) is 3.44. The van der Waals surface area contributed by atoms with Gasteiger partial charge in [-0.1, -0.05) is 12.1 Å². The minimum atomic E-state index is -0.252. The quantitative estimate of drug-likeness (QED) is 0.569. The normalized spacial score (nSPS) is 13.5. The van der Waals surface area contributed by atoms with E-state index in [0.717, 1.165) is 41.9 Å². The van der Waals surface area contributed by atoms with Crippen molar-refractivity contribution in [2.24, 2.45) is 0 Å². The van der Waals surface area contributed by atoms with Crippen molar-refractivity contribution in [1.29, 1.82) is 0 Å². The molecule has 1 aliphatic rings. The van der Waals surface area contributed by atoms with Gasteiger partial charge in [0.25, 0.3) is 0 Å². The maximum absolute atomic E-state index is 14.4. The Morgan fingerprint density at radius 2 is 2.00 bits per heavy atom. The minimum Gasteiger partial charge on any atom is -0.268 e. The number of halogens is 1. The van der Waals surface area contributed by atoms with E-state index in [-0.39, 0.29) is 5.82 Å². The molecule has 0 radical (unpaired) electrons. The van der Waals surface area contributed by atoms with E-state index >= 15 is 0 Å². The van der Waals surface area contributed by atoms with Crippen molar-refractivity contribution in [3.8, 4) is 22.4 Å². The standard InChI is InChI=1S/C18H14FN5/c19-14-5-2-1-4-13(14)18-17(15-6-3-9-23(15)22-18)12-7-8-16-20-11-21-24(16)10-12/h1-2,4-5,7-8,10-11H,3,6,9H2. The highest BCUT2D eigenvalue weighted by atomic mass is 19.1. The van der Waals surface area contributed by atoms with Gasteiger partial charge < -0.3 is 0 Å². The molecule has 1 aromatic carbocycles. The molecule has 24 heavy (non-hydrogen) atoms. The maximum atomic E-state index is 14.4. The van der Waals surface area contributed by atoms with Crippen LogP contribution in [0.4, 0.5) is 4.39 Å². The van der Waals surface area contributed by atoms with Crippen LogP contribution < -0.4 is 0 Å². The molecule has 5 rings (SSSR count). The van der Waals surface area contributed by atoms with Crippen LogP contribution in [0.1, 0.15) is 12.1 Å². The molecule has 0 atom stereocenters. The van der Waals surface area contributed by atoms with E-state index < -0.39 is 0 Å². The summed E-state index contributed by atoms with van der Waals surface area (Å²) in [7, 11) is 0. The van der Waals surface area contributed by atoms with Crippen LogP contribution in [0.5, 0.6) is 0 Å². The Kier molecular flexibility index (Phi) is 2.79. The molecular formula is C18H14FN5. The summed E-state index contributed by atoms with van der Waals surface area (Å²) in [6.07, 6.45) is 5.48. The predicted molar refractivity (Wildman–Crippen MR) is 87.9 cm³/mol. The molecule has 0 N–H and O–H groups in total. The number of pyridine rings is 1. The molecule has 0 fully saturated rings. The fourth-order valence-corrected chi connectivity index (χ4v) is 3.44. The van der Waals surface area contributed by atoms with Gasteiger partial charge in [0.1, 0.15) is 17.8 Å². The Bertz CT molecular complexity index is 1060. The van der Waals surface area contributed by atoms with Gasteiger partial charge in [-0.25, -0.2) is 13.9 Å². The summed E-state index contributed by atoms with van der Waals surface area (Å²) in [5, 5.41) is 8.90. The van der Waals surface area contributed by atoms with Crippen LogP contribution in [0.3, 0.4) is 0 Å². The molecule has 1 aliphatic heterocycles. The van der Waals surface area contributed by atoms with Gasteiger partial charge in [-0.3, -0.25) is 4.68 Å². The zero-order valence-electron chi connectivity index (χ0n) is 12.9. The number of benzene rings is 1. The van der Waals surface area contributed by atoms with Gasteiger partial charge in [-0.05, 0) is 37.1 Å². The summed E-state index contributed by atoms with van der Waals surface area (Å²) in [5.74, 6) is -0.252. The molecule has 0 amide bonds. The number of nitrogens with zero attached hydrogens (tertiary/aromatic N) is 5. The first kappa shape index (κ1) is 13.4. The van der Waals surface area contributed by atoms with Crippen LogP contribution in [-0.4, -0.2) is 24.4 Å². The van der Waals surface area contributed by atoms with Crippen LogP contribution in [0.25, 0.3) is 28.0 Å². The summed E-state index contributed by atoms with van der Waals surface area (Å²) in [6, 6.07) is 10.7. The number of hydrogen-bond acceptors (Lipinski definition) is 3. The average Bonchev–Trinajstić information content (AvgIpc) is 3.29. The first-order valence-corrected chi connectivity index (χ1v) is 7.95. The summed E-state index contributed by atoms with van der Waals surface area (Å²) in [6.45, 7) is 0.877. The molecule has 6 heteroatoms. The maximum Gasteiger partial charge on any atom is 0.155 e. The van der Waals surface area contributed by atoms with E-state index in [1.54, 1.807) is 16.6 Å². The molecule has 0 spiro atoms. The van der Waals surface area contributed by atoms with E-state index in [0.29, 0.717) is 11.3 Å². The number of rotatable bonds is 2. The molecule has 4 aromatic rings. The second-order valence-electron chi connectivity index (χ2n) is 5.96. The van der Waals surface area contributed by atoms with Gasteiger partial charge >= 0.3 is 0 Å². The summed E-state index contributed by atoms with van der Waals surface area (Å²) < 4.78 is 18.1. The second-order valence-corrected chi connectivity index (χ2v) is 5.96. The molecule has 0 saturated carbocycles. The van der Waals surface area contributed by atoms with E-state index in [4.69, 9.17) is 5.10 Å². The van der Waals surface area contributed by atoms with Crippen molar-refractivity contribution in [2.75, 3.05) is 0 Å². The lowest BCUT2D eigenvalue weighted by Crippen LogP contribution is -1.94. The molecular weight excluding hydrogens is 305 g/mol. The molecule has 4 heterocycles.